The second kappa shape index (κ2) is 35.5. The Bertz CT molecular complexity index is 2790. The summed E-state index contributed by atoms with van der Waals surface area (Å²) in [5.74, 6) is -10.6. The van der Waals surface area contributed by atoms with Crippen LogP contribution in [0.4, 0.5) is 0 Å². The topological polar surface area (TPSA) is 432 Å². The summed E-state index contributed by atoms with van der Waals surface area (Å²) in [6.45, 7) is 0.301. The molecule has 7 amide bonds. The van der Waals surface area contributed by atoms with Gasteiger partial charge in [0, 0.05) is 38.6 Å². The lowest BCUT2D eigenvalue weighted by Crippen LogP contribution is -2.61. The number of amides is 7. The van der Waals surface area contributed by atoms with E-state index >= 15 is 0 Å². The molecule has 4 aromatic rings. The highest BCUT2D eigenvalue weighted by Crippen LogP contribution is 2.13. The minimum Gasteiger partial charge on any atom is -0.481 e. The predicted molar refractivity (Wildman–Crippen MR) is 306 cm³/mol. The largest absolute Gasteiger partial charge is 0.481 e. The van der Waals surface area contributed by atoms with E-state index in [-0.39, 0.29) is 57.5 Å². The van der Waals surface area contributed by atoms with Crippen LogP contribution in [0.2, 0.25) is 0 Å². The third-order valence-electron chi connectivity index (χ3n) is 13.1. The molecule has 8 atom stereocenters. The molecule has 0 aliphatic carbocycles. The van der Waals surface area contributed by atoms with Crippen molar-refractivity contribution in [3.8, 4) is 0 Å². The number of guanidine groups is 1. The minimum absolute atomic E-state index is 0.000406. The number of nitrogens with one attached hydrogen (secondary N) is 7. The summed E-state index contributed by atoms with van der Waals surface area (Å²) >= 11 is 0. The quantitative estimate of drug-likeness (QED) is 0.0156. The van der Waals surface area contributed by atoms with Crippen LogP contribution in [-0.4, -0.2) is 142 Å². The summed E-state index contributed by atoms with van der Waals surface area (Å²) in [7, 11) is 0. The molecule has 0 aliphatic rings. The molecule has 0 heterocycles. The smallest absolute Gasteiger partial charge is 0.326 e. The van der Waals surface area contributed by atoms with Crippen molar-refractivity contribution in [1.29, 1.82) is 0 Å². The van der Waals surface area contributed by atoms with Crippen molar-refractivity contribution in [2.75, 3.05) is 13.1 Å². The van der Waals surface area contributed by atoms with Crippen LogP contribution in [0, 0.1) is 0 Å². The highest BCUT2D eigenvalue weighted by molar-refractivity contribution is 5.98. The number of nitrogens with two attached hydrogens (primary N) is 4. The fraction of sp³-hybridized carbons (Fsp3) is 0.397. The Morgan fingerprint density at radius 3 is 1.02 bits per heavy atom. The van der Waals surface area contributed by atoms with Gasteiger partial charge in [-0.25, -0.2) is 4.79 Å². The molecule has 446 valence electrons. The van der Waals surface area contributed by atoms with Crippen LogP contribution in [0.5, 0.6) is 0 Å². The molecule has 0 fully saturated rings. The zero-order valence-electron chi connectivity index (χ0n) is 46.0. The number of carboxylic acid groups (broad SMARTS) is 3. The normalized spacial score (nSPS) is 13.8. The standard InChI is InChI=1S/C58H76N12O13/c59-30-14-13-24-44(57(82)83)67-56(81)47(35-39-22-11-4-12-23-39)68-51(76)41(25-15-31-63-58(61)62)65-54(79)45(33-37-18-7-2-8-19-37)70-53(78)43(27-29-49(73)74)66-55(80)46(34-38-20-9-3-10-21-38)69-52(77)42(26-28-48(71)72)64-50(75)40(60)32-36-16-5-1-6-17-36/h1-12,16-23,40-47H,13-15,24-35,59-60H2,(H,64,75)(H,65,79)(H,66,80)(H,67,81)(H,68,76)(H,69,77)(H,70,78)(H,71,72)(H,73,74)(H,82,83)(H4,61,62,63)/t40-,41-,42-,43-,44-,45-,46-,47-/m0/s1. The molecule has 4 rings (SSSR count). The van der Waals surface area contributed by atoms with Crippen LogP contribution in [0.3, 0.4) is 0 Å². The number of rotatable bonds is 37. The highest BCUT2D eigenvalue weighted by Gasteiger charge is 2.35. The number of hydrogen-bond donors (Lipinski definition) is 14. The first kappa shape index (κ1) is 66.3. The van der Waals surface area contributed by atoms with Gasteiger partial charge in [-0.1, -0.05) is 121 Å². The summed E-state index contributed by atoms with van der Waals surface area (Å²) in [5, 5.41) is 47.4. The zero-order chi connectivity index (χ0) is 60.7. The van der Waals surface area contributed by atoms with E-state index in [0.717, 1.165) is 0 Å². The number of aliphatic carboxylic acids is 3. The maximum absolute atomic E-state index is 14.7. The van der Waals surface area contributed by atoms with Gasteiger partial charge in [-0.3, -0.25) is 48.1 Å². The minimum atomic E-state index is -1.70. The van der Waals surface area contributed by atoms with E-state index in [1.165, 1.54) is 0 Å². The Morgan fingerprint density at radius 2 is 0.687 bits per heavy atom. The SMILES string of the molecule is NCCCC[C@H](NC(=O)[C@H](Cc1ccccc1)NC(=O)[C@H](CCCN=C(N)N)NC(=O)[C@H](Cc1ccccc1)NC(=O)[C@H](CCC(=O)O)NC(=O)[C@H](Cc1ccccc1)NC(=O)[C@H](CCC(=O)O)NC(=O)[C@@H](N)Cc1ccccc1)C(=O)O. The average Bonchev–Trinajstić information content (AvgIpc) is 3.59. The molecule has 25 heteroatoms. The van der Waals surface area contributed by atoms with Crippen LogP contribution in [0.15, 0.2) is 126 Å². The van der Waals surface area contributed by atoms with E-state index in [0.29, 0.717) is 41.6 Å². The second-order valence-electron chi connectivity index (χ2n) is 19.7. The lowest BCUT2D eigenvalue weighted by molar-refractivity contribution is -0.142. The van der Waals surface area contributed by atoms with Crippen LogP contribution in [0.1, 0.15) is 80.0 Å². The summed E-state index contributed by atoms with van der Waals surface area (Å²) in [6.07, 6.45) is -1.74. The predicted octanol–water partition coefficient (Wildman–Crippen LogP) is -0.325. The first-order chi connectivity index (χ1) is 39.7. The highest BCUT2D eigenvalue weighted by atomic mass is 16.4. The monoisotopic (exact) mass is 1150 g/mol. The van der Waals surface area contributed by atoms with E-state index in [1.807, 2.05) is 0 Å². The van der Waals surface area contributed by atoms with E-state index in [4.69, 9.17) is 22.9 Å². The molecule has 18 N–H and O–H groups in total. The number of carbonyl (C=O) groups is 10. The zero-order valence-corrected chi connectivity index (χ0v) is 46.0. The van der Waals surface area contributed by atoms with Gasteiger partial charge in [-0.15, -0.1) is 0 Å². The van der Waals surface area contributed by atoms with E-state index in [2.05, 4.69) is 42.2 Å². The first-order valence-electron chi connectivity index (χ1n) is 27.2. The van der Waals surface area contributed by atoms with Crippen molar-refractivity contribution in [2.45, 2.75) is 132 Å². The number of carboxylic acids is 3. The third kappa shape index (κ3) is 25.0. The maximum atomic E-state index is 14.7. The van der Waals surface area contributed by atoms with Gasteiger partial charge in [-0.2, -0.15) is 0 Å². The number of unbranched alkanes of at least 4 members (excludes halogenated alkanes) is 1. The van der Waals surface area contributed by atoms with Crippen molar-refractivity contribution >= 4 is 65.2 Å². The number of benzene rings is 4. The summed E-state index contributed by atoms with van der Waals surface area (Å²) < 4.78 is 0. The second-order valence-corrected chi connectivity index (χ2v) is 19.7. The summed E-state index contributed by atoms with van der Waals surface area (Å²) in [5.41, 5.74) is 25.3. The molecule has 0 aliphatic heterocycles. The third-order valence-corrected chi connectivity index (χ3v) is 13.1. The molecule has 83 heavy (non-hydrogen) atoms. The van der Waals surface area contributed by atoms with Gasteiger partial charge in [-0.05, 0) is 80.2 Å². The van der Waals surface area contributed by atoms with Gasteiger partial charge in [0.25, 0.3) is 0 Å². The first-order valence-corrected chi connectivity index (χ1v) is 27.2. The van der Waals surface area contributed by atoms with Crippen molar-refractivity contribution in [3.63, 3.8) is 0 Å². The summed E-state index contributed by atoms with van der Waals surface area (Å²) in [6, 6.07) is 22.4. The van der Waals surface area contributed by atoms with E-state index in [9.17, 15) is 63.3 Å². The lowest BCUT2D eigenvalue weighted by Gasteiger charge is -2.28. The van der Waals surface area contributed by atoms with Crippen LogP contribution < -0.4 is 60.2 Å². The molecule has 4 aromatic carbocycles. The Morgan fingerprint density at radius 1 is 0.386 bits per heavy atom. The maximum Gasteiger partial charge on any atom is 0.326 e. The number of aliphatic imine (C=N–C) groups is 1. The molecule has 0 saturated carbocycles. The van der Waals surface area contributed by atoms with Gasteiger partial charge in [0.05, 0.1) is 6.04 Å². The number of nitrogens with zero attached hydrogens (tertiary/aromatic N) is 1. The molecule has 25 nitrogen and oxygen atoms in total. The molecule has 0 bridgehead atoms. The van der Waals surface area contributed by atoms with Crippen molar-refractivity contribution < 1.29 is 63.3 Å². The lowest BCUT2D eigenvalue weighted by atomic mass is 10.0. The van der Waals surface area contributed by atoms with Gasteiger partial charge in [0.2, 0.25) is 41.4 Å². The molecule has 0 aromatic heterocycles. The molecular weight excluding hydrogens is 1070 g/mol. The average molecular weight is 1150 g/mol. The molecule has 0 spiro atoms. The Labute approximate surface area is 480 Å². The van der Waals surface area contributed by atoms with Crippen LogP contribution in [-0.2, 0) is 73.6 Å². The van der Waals surface area contributed by atoms with Crippen molar-refractivity contribution in [2.24, 2.45) is 27.9 Å². The Balaban J connectivity index is 1.66. The van der Waals surface area contributed by atoms with Gasteiger partial charge < -0.3 is 75.5 Å². The Hall–Kier alpha value is -9.23. The molecule has 0 unspecified atom stereocenters. The molecule has 0 radical (unpaired) electrons. The molecular formula is C58H76N12O13. The fourth-order valence-corrected chi connectivity index (χ4v) is 8.65. The molecule has 0 saturated heterocycles. The fourth-order valence-electron chi connectivity index (χ4n) is 8.65. The van der Waals surface area contributed by atoms with Crippen molar-refractivity contribution in [1.82, 2.24) is 37.2 Å². The number of carbonyl (C=O) groups excluding carboxylic acids is 7. The number of hydrogen-bond acceptors (Lipinski definition) is 13. The van der Waals surface area contributed by atoms with Crippen molar-refractivity contribution in [3.05, 3.63) is 144 Å². The van der Waals surface area contributed by atoms with Gasteiger partial charge in [0.1, 0.15) is 42.3 Å². The van der Waals surface area contributed by atoms with Crippen LogP contribution >= 0.6 is 0 Å². The van der Waals surface area contributed by atoms with E-state index in [1.54, 1.807) is 121 Å². The van der Waals surface area contributed by atoms with E-state index < -0.39 is 133 Å². The van der Waals surface area contributed by atoms with Gasteiger partial charge in [0.15, 0.2) is 5.96 Å². The summed E-state index contributed by atoms with van der Waals surface area (Å²) in [4.78, 5) is 140. The Kier molecular flexibility index (Phi) is 28.3. The van der Waals surface area contributed by atoms with Gasteiger partial charge >= 0.3 is 17.9 Å². The van der Waals surface area contributed by atoms with Crippen LogP contribution in [0.25, 0.3) is 0 Å².